The number of benzene rings is 4. The number of carbonyl (C=O) groups excluding carboxylic acids is 1. The van der Waals surface area contributed by atoms with E-state index in [0.717, 1.165) is 33.6 Å². The summed E-state index contributed by atoms with van der Waals surface area (Å²) in [4.78, 5) is 66.7. The summed E-state index contributed by atoms with van der Waals surface area (Å²) in [7, 11) is 1.82. The largest absolute Gasteiger partial charge is 0.481 e. The van der Waals surface area contributed by atoms with Crippen LogP contribution >= 0.6 is 23.4 Å². The first-order valence-corrected chi connectivity index (χ1v) is 20.6. The van der Waals surface area contributed by atoms with Crippen LogP contribution in [0.25, 0.3) is 33.5 Å². The number of nitrogens with one attached hydrogen (secondary N) is 1. The summed E-state index contributed by atoms with van der Waals surface area (Å²) in [5.74, 6) is -2.91. The highest BCUT2D eigenvalue weighted by atomic mass is 35.5. The molecule has 16 nitrogen and oxygen atoms in total. The topological polar surface area (TPSA) is 245 Å². The van der Waals surface area contributed by atoms with Crippen molar-refractivity contribution in [1.29, 1.82) is 0 Å². The second kappa shape index (κ2) is 20.3. The molecule has 0 spiro atoms. The number of carboxylic acids is 2. The third-order valence-corrected chi connectivity index (χ3v) is 10.4. The predicted molar refractivity (Wildman–Crippen MR) is 240 cm³/mol. The maximum atomic E-state index is 12.8. The fourth-order valence-electron chi connectivity index (χ4n) is 6.20. The van der Waals surface area contributed by atoms with Gasteiger partial charge in [0.15, 0.2) is 17.0 Å². The minimum Gasteiger partial charge on any atom is -0.481 e. The fourth-order valence-corrected chi connectivity index (χ4v) is 6.73. The Morgan fingerprint density at radius 2 is 1.56 bits per heavy atom. The number of aromatic nitrogens is 6. The zero-order chi connectivity index (χ0) is 44.3. The van der Waals surface area contributed by atoms with Crippen molar-refractivity contribution in [1.82, 2.24) is 35.0 Å². The van der Waals surface area contributed by atoms with Gasteiger partial charge in [0.2, 0.25) is 5.95 Å². The lowest BCUT2D eigenvalue weighted by Crippen LogP contribution is -2.41. The number of thioether (sulfide) groups is 1. The maximum absolute atomic E-state index is 12.8. The van der Waals surface area contributed by atoms with Crippen LogP contribution in [0.4, 0.5) is 17.5 Å². The number of anilines is 3. The number of nitrogens with zero attached hydrogens (tertiary/aromatic N) is 7. The highest BCUT2D eigenvalue weighted by molar-refractivity contribution is 7.98. The van der Waals surface area contributed by atoms with Crippen molar-refractivity contribution in [3.8, 4) is 22.4 Å². The molecule has 0 bridgehead atoms. The SMILES string of the molecule is CN(Cc1cnc2nc(N)nc(N)c2n1)c1ccc(C(=O)N[C@@H](CCC(=O)O)C(=O)O)cc1.CSc1ccc(-c2nn(Cc3ccccc3)c(=O)cc2-c2ccc(Cl)cc2)cc1. The second-order valence-corrected chi connectivity index (χ2v) is 15.1. The van der Waals surface area contributed by atoms with Gasteiger partial charge in [-0.1, -0.05) is 66.2 Å². The highest BCUT2D eigenvalue weighted by Crippen LogP contribution is 2.31. The van der Waals surface area contributed by atoms with Crippen LogP contribution in [0.15, 0.2) is 125 Å². The van der Waals surface area contributed by atoms with Crippen molar-refractivity contribution >= 4 is 69.8 Å². The molecule has 0 unspecified atom stereocenters. The Morgan fingerprint density at radius 1 is 0.887 bits per heavy atom. The third kappa shape index (κ3) is 11.5. The quantitative estimate of drug-likeness (QED) is 0.0756. The number of aliphatic carboxylic acids is 2. The van der Waals surface area contributed by atoms with Crippen LogP contribution in [0.2, 0.25) is 5.02 Å². The first-order chi connectivity index (χ1) is 29.8. The Morgan fingerprint density at radius 3 is 2.21 bits per heavy atom. The van der Waals surface area contributed by atoms with E-state index in [2.05, 4.69) is 37.4 Å². The van der Waals surface area contributed by atoms with Crippen LogP contribution in [0.3, 0.4) is 0 Å². The summed E-state index contributed by atoms with van der Waals surface area (Å²) in [5.41, 5.74) is 18.0. The Kier molecular flexibility index (Phi) is 14.4. The smallest absolute Gasteiger partial charge is 0.326 e. The average Bonchev–Trinajstić information content (AvgIpc) is 3.26. The molecule has 0 saturated heterocycles. The first-order valence-electron chi connectivity index (χ1n) is 19.0. The lowest BCUT2D eigenvalue weighted by molar-refractivity contribution is -0.140. The van der Waals surface area contributed by atoms with Gasteiger partial charge in [0, 0.05) is 51.8 Å². The minimum atomic E-state index is -1.30. The third-order valence-electron chi connectivity index (χ3n) is 9.41. The molecule has 7 aromatic rings. The predicted octanol–water partition coefficient (Wildman–Crippen LogP) is 6.27. The molecule has 0 saturated carbocycles. The van der Waals surface area contributed by atoms with Gasteiger partial charge in [-0.15, -0.1) is 11.8 Å². The Balaban J connectivity index is 0.000000208. The number of amides is 1. The van der Waals surface area contributed by atoms with E-state index in [-0.39, 0.29) is 35.7 Å². The molecule has 0 aliphatic rings. The van der Waals surface area contributed by atoms with Crippen molar-refractivity contribution in [3.63, 3.8) is 0 Å². The molecule has 7 rings (SSSR count). The van der Waals surface area contributed by atoms with E-state index in [1.54, 1.807) is 36.2 Å². The second-order valence-electron chi connectivity index (χ2n) is 13.8. The lowest BCUT2D eigenvalue weighted by Gasteiger charge is -2.19. The molecule has 62 heavy (non-hydrogen) atoms. The number of fused-ring (bicyclic) bond motifs is 1. The van der Waals surface area contributed by atoms with Gasteiger partial charge in [-0.2, -0.15) is 15.1 Å². The van der Waals surface area contributed by atoms with Gasteiger partial charge in [-0.3, -0.25) is 14.4 Å². The molecule has 3 heterocycles. The van der Waals surface area contributed by atoms with E-state index in [9.17, 15) is 24.3 Å². The number of carbonyl (C=O) groups is 3. The standard InChI is InChI=1S/C24H19ClN2OS.C20H22N8O5/c1-29-21-13-9-19(10-14-21)24-22(18-7-11-20(25)12-8-18)15-23(28)27(26-24)16-17-5-3-2-4-6-17;1-28(9-11-8-23-17-15(24-11)16(21)26-20(22)27-17)12-4-2-10(3-5-12)18(31)25-13(19(32)33)6-7-14(29)30/h2-15H,16H2,1H3;2-5,8,13H,6-7,9H2,1H3,(H,25,31)(H,29,30)(H,32,33)(H4,21,22,23,26,27)/t;13-/m.0/s1. The number of hydrogen-bond donors (Lipinski definition) is 5. The molecule has 1 atom stereocenters. The molecule has 4 aromatic carbocycles. The van der Waals surface area contributed by atoms with Gasteiger partial charge in [-0.25, -0.2) is 19.4 Å². The summed E-state index contributed by atoms with van der Waals surface area (Å²) in [6, 6.07) is 32.4. The van der Waals surface area contributed by atoms with E-state index in [0.29, 0.717) is 35.0 Å². The van der Waals surface area contributed by atoms with Crippen LogP contribution in [-0.4, -0.2) is 77.1 Å². The van der Waals surface area contributed by atoms with Crippen LogP contribution in [-0.2, 0) is 22.7 Å². The maximum Gasteiger partial charge on any atom is 0.326 e. The van der Waals surface area contributed by atoms with Gasteiger partial charge >= 0.3 is 11.9 Å². The van der Waals surface area contributed by atoms with E-state index in [4.69, 9.17) is 33.3 Å². The summed E-state index contributed by atoms with van der Waals surface area (Å²) < 4.78 is 1.52. The number of hydrogen-bond acceptors (Lipinski definition) is 13. The van der Waals surface area contributed by atoms with Crippen molar-refractivity contribution in [2.45, 2.75) is 36.9 Å². The number of rotatable bonds is 14. The zero-order valence-electron chi connectivity index (χ0n) is 33.5. The summed E-state index contributed by atoms with van der Waals surface area (Å²) in [6.07, 6.45) is 3.01. The average molecular weight is 873 g/mol. The highest BCUT2D eigenvalue weighted by Gasteiger charge is 2.22. The molecule has 0 aliphatic carbocycles. The van der Waals surface area contributed by atoms with E-state index in [1.165, 1.54) is 21.7 Å². The monoisotopic (exact) mass is 872 g/mol. The first kappa shape index (κ1) is 44.2. The Bertz CT molecular complexity index is 2760. The van der Waals surface area contributed by atoms with Crippen molar-refractivity contribution < 1.29 is 24.6 Å². The van der Waals surface area contributed by atoms with Crippen molar-refractivity contribution in [3.05, 3.63) is 148 Å². The summed E-state index contributed by atoms with van der Waals surface area (Å²) >= 11 is 7.74. The molecule has 3 aromatic heterocycles. The Labute approximate surface area is 364 Å². The normalized spacial score (nSPS) is 11.3. The number of carboxylic acid groups (broad SMARTS) is 2. The van der Waals surface area contributed by atoms with Crippen LogP contribution in [0, 0.1) is 0 Å². The van der Waals surface area contributed by atoms with E-state index < -0.39 is 23.9 Å². The van der Waals surface area contributed by atoms with Crippen LogP contribution in [0.1, 0.15) is 34.5 Å². The molecular formula is C44H41ClN10O6S. The molecular weight excluding hydrogens is 832 g/mol. The van der Waals surface area contributed by atoms with Crippen LogP contribution < -0.4 is 27.2 Å². The van der Waals surface area contributed by atoms with Gasteiger partial charge in [-0.05, 0) is 72.3 Å². The zero-order valence-corrected chi connectivity index (χ0v) is 35.0. The molecule has 0 fully saturated rings. The summed E-state index contributed by atoms with van der Waals surface area (Å²) in [5, 5.41) is 25.7. The number of halogens is 1. The molecule has 7 N–H and O–H groups in total. The molecule has 18 heteroatoms. The van der Waals surface area contributed by atoms with E-state index >= 15 is 0 Å². The Hall–Kier alpha value is -7.37. The fraction of sp³-hybridized carbons (Fsp3) is 0.159. The van der Waals surface area contributed by atoms with Gasteiger partial charge < -0.3 is 31.9 Å². The molecule has 0 aliphatic heterocycles. The van der Waals surface area contributed by atoms with E-state index in [1.807, 2.05) is 84.9 Å². The molecule has 0 radical (unpaired) electrons. The van der Waals surface area contributed by atoms with Gasteiger partial charge in [0.25, 0.3) is 11.5 Å². The van der Waals surface area contributed by atoms with Gasteiger partial charge in [0.05, 0.1) is 30.7 Å². The van der Waals surface area contributed by atoms with Crippen molar-refractivity contribution in [2.75, 3.05) is 29.7 Å². The van der Waals surface area contributed by atoms with Crippen LogP contribution in [0.5, 0.6) is 0 Å². The van der Waals surface area contributed by atoms with Gasteiger partial charge in [0.1, 0.15) is 6.04 Å². The summed E-state index contributed by atoms with van der Waals surface area (Å²) in [6.45, 7) is 0.797. The molecule has 316 valence electrons. The lowest BCUT2D eigenvalue weighted by atomic mass is 10.00. The number of nitrogen functional groups attached to an aromatic ring is 2. The minimum absolute atomic E-state index is 0.0138. The number of nitrogens with two attached hydrogens (primary N) is 2. The van der Waals surface area contributed by atoms with Crippen molar-refractivity contribution in [2.24, 2.45) is 0 Å². The molecule has 1 amide bonds.